The summed E-state index contributed by atoms with van der Waals surface area (Å²) < 4.78 is 0. The average Bonchev–Trinajstić information content (AvgIpc) is 3.13. The van der Waals surface area contributed by atoms with E-state index in [1.807, 2.05) is 0 Å². The first-order valence-electron chi connectivity index (χ1n) is 21.0. The number of nitrogens with zero attached hydrogens (tertiary/aromatic N) is 2. The largest absolute Gasteiger partial charge is 0.311 e. The minimum absolute atomic E-state index is 0.00392. The lowest BCUT2D eigenvalue weighted by molar-refractivity contribution is 0.589. The summed E-state index contributed by atoms with van der Waals surface area (Å²) in [4.78, 5) is 5.15. The number of aryl methyl sites for hydroxylation is 2. The molecule has 0 atom stereocenters. The van der Waals surface area contributed by atoms with Gasteiger partial charge in [-0.25, -0.2) is 0 Å². The van der Waals surface area contributed by atoms with Crippen LogP contribution in [0.15, 0.2) is 115 Å². The molecule has 0 unspecified atom stereocenters. The Labute approximate surface area is 344 Å². The fourth-order valence-corrected chi connectivity index (χ4v) is 8.95. The summed E-state index contributed by atoms with van der Waals surface area (Å²) in [5, 5.41) is 0. The van der Waals surface area contributed by atoms with Gasteiger partial charge in [-0.15, -0.1) is 0 Å². The Bertz CT molecular complexity index is 2510. The lowest BCUT2D eigenvalue weighted by Gasteiger charge is -2.45. The van der Waals surface area contributed by atoms with Crippen LogP contribution in [0.5, 0.6) is 0 Å². The minimum atomic E-state index is -0.0163. The summed E-state index contributed by atoms with van der Waals surface area (Å²) in [5.74, 6) is 0. The fourth-order valence-electron chi connectivity index (χ4n) is 8.95. The van der Waals surface area contributed by atoms with Crippen LogP contribution < -0.4 is 26.2 Å². The Hall–Kier alpha value is -5.02. The molecule has 0 aliphatic carbocycles. The van der Waals surface area contributed by atoms with Crippen molar-refractivity contribution in [2.45, 2.75) is 119 Å². The second kappa shape index (κ2) is 13.3. The number of fused-ring (bicyclic) bond motifs is 4. The van der Waals surface area contributed by atoms with Gasteiger partial charge in [-0.2, -0.15) is 0 Å². The fraction of sp³-hybridized carbons (Fsp3) is 0.333. The van der Waals surface area contributed by atoms with Crippen molar-refractivity contribution in [3.05, 3.63) is 149 Å². The van der Waals surface area contributed by atoms with E-state index in [0.29, 0.717) is 0 Å². The molecule has 2 aliphatic heterocycles. The summed E-state index contributed by atoms with van der Waals surface area (Å²) in [6, 6.07) is 45.2. The number of benzene rings is 6. The molecule has 290 valence electrons. The van der Waals surface area contributed by atoms with E-state index in [1.165, 1.54) is 95.0 Å². The second-order valence-corrected chi connectivity index (χ2v) is 21.0. The lowest BCUT2D eigenvalue weighted by Crippen LogP contribution is -2.61. The highest BCUT2D eigenvalue weighted by Gasteiger charge is 2.44. The Morgan fingerprint density at radius 3 is 1.44 bits per heavy atom. The van der Waals surface area contributed by atoms with Crippen LogP contribution in [0.25, 0.3) is 11.1 Å². The van der Waals surface area contributed by atoms with Crippen molar-refractivity contribution in [3.63, 3.8) is 0 Å². The first-order valence-corrected chi connectivity index (χ1v) is 21.0. The topological polar surface area (TPSA) is 6.48 Å². The van der Waals surface area contributed by atoms with E-state index in [2.05, 4.69) is 222 Å². The van der Waals surface area contributed by atoms with Gasteiger partial charge in [-0.1, -0.05) is 155 Å². The van der Waals surface area contributed by atoms with Crippen LogP contribution in [0.1, 0.15) is 116 Å². The molecule has 0 saturated carbocycles. The molecular weight excluding hydrogens is 687 g/mol. The SMILES string of the molecule is Cc1ccc2c(c1)B1c3ccc(C(C)(C)C)cc3N(c3ccc(C(C)(C)C)cc3-c3ccc(C(C)(C)C)cc3)c3cc(C)cc(c31)N2c1ccc(C(C)(C)C)cc1. The van der Waals surface area contributed by atoms with Crippen molar-refractivity contribution in [2.24, 2.45) is 0 Å². The number of rotatable bonds is 3. The molecule has 2 aliphatic rings. The van der Waals surface area contributed by atoms with Crippen molar-refractivity contribution in [1.29, 1.82) is 0 Å². The molecule has 2 nitrogen and oxygen atoms in total. The van der Waals surface area contributed by atoms with Gasteiger partial charge in [0.2, 0.25) is 0 Å². The van der Waals surface area contributed by atoms with Crippen LogP contribution >= 0.6 is 0 Å². The molecule has 0 radical (unpaired) electrons. The molecule has 6 aromatic rings. The van der Waals surface area contributed by atoms with Gasteiger partial charge in [0.25, 0.3) is 6.71 Å². The third kappa shape index (κ3) is 6.81. The first kappa shape index (κ1) is 38.8. The molecule has 0 amide bonds. The Morgan fingerprint density at radius 2 is 0.860 bits per heavy atom. The van der Waals surface area contributed by atoms with E-state index >= 15 is 0 Å². The predicted octanol–water partition coefficient (Wildman–Crippen LogP) is 13.2. The third-order valence-corrected chi connectivity index (χ3v) is 12.4. The Morgan fingerprint density at radius 1 is 0.368 bits per heavy atom. The highest BCUT2D eigenvalue weighted by molar-refractivity contribution is 7.00. The summed E-state index contributed by atoms with van der Waals surface area (Å²) in [6.07, 6.45) is 0. The normalized spacial score (nSPS) is 14.0. The molecular formula is C54H61BN2. The van der Waals surface area contributed by atoms with E-state index in [4.69, 9.17) is 0 Å². The molecule has 0 saturated heterocycles. The van der Waals surface area contributed by atoms with Gasteiger partial charge in [0.05, 0.1) is 5.69 Å². The highest BCUT2D eigenvalue weighted by Crippen LogP contribution is 2.48. The van der Waals surface area contributed by atoms with Crippen molar-refractivity contribution >= 4 is 57.2 Å². The maximum Gasteiger partial charge on any atom is 0.252 e. The first-order chi connectivity index (χ1) is 26.6. The summed E-state index contributed by atoms with van der Waals surface area (Å²) in [5.41, 5.74) is 22.0. The number of hydrogen-bond acceptors (Lipinski definition) is 2. The average molecular weight is 749 g/mol. The monoisotopic (exact) mass is 748 g/mol. The highest BCUT2D eigenvalue weighted by atomic mass is 15.2. The van der Waals surface area contributed by atoms with Crippen molar-refractivity contribution < 1.29 is 0 Å². The smallest absolute Gasteiger partial charge is 0.252 e. The summed E-state index contributed by atoms with van der Waals surface area (Å²) >= 11 is 0. The van der Waals surface area contributed by atoms with Crippen LogP contribution in [-0.2, 0) is 21.7 Å². The third-order valence-electron chi connectivity index (χ3n) is 12.4. The van der Waals surface area contributed by atoms with Crippen LogP contribution in [0.4, 0.5) is 34.1 Å². The van der Waals surface area contributed by atoms with Gasteiger partial charge in [0, 0.05) is 34.0 Å². The van der Waals surface area contributed by atoms with E-state index < -0.39 is 0 Å². The van der Waals surface area contributed by atoms with Gasteiger partial charge in [-0.3, -0.25) is 0 Å². The Balaban J connectivity index is 1.46. The van der Waals surface area contributed by atoms with Gasteiger partial charge in [0.15, 0.2) is 0 Å². The van der Waals surface area contributed by atoms with Gasteiger partial charge < -0.3 is 9.80 Å². The molecule has 2 heterocycles. The zero-order valence-corrected chi connectivity index (χ0v) is 36.9. The predicted molar refractivity (Wildman–Crippen MR) is 250 cm³/mol. The molecule has 0 bridgehead atoms. The van der Waals surface area contributed by atoms with E-state index in [1.54, 1.807) is 0 Å². The van der Waals surface area contributed by atoms with Crippen LogP contribution in [0.3, 0.4) is 0 Å². The maximum absolute atomic E-state index is 2.62. The van der Waals surface area contributed by atoms with Crippen molar-refractivity contribution in [1.82, 2.24) is 0 Å². The van der Waals surface area contributed by atoms with Crippen molar-refractivity contribution in [3.8, 4) is 11.1 Å². The molecule has 0 fully saturated rings. The van der Waals surface area contributed by atoms with E-state index in [-0.39, 0.29) is 28.4 Å². The quantitative estimate of drug-likeness (QED) is 0.166. The second-order valence-electron chi connectivity index (χ2n) is 21.0. The van der Waals surface area contributed by atoms with Gasteiger partial charge in [0.1, 0.15) is 0 Å². The minimum Gasteiger partial charge on any atom is -0.311 e. The molecule has 0 spiro atoms. The lowest BCUT2D eigenvalue weighted by atomic mass is 9.33. The summed E-state index contributed by atoms with van der Waals surface area (Å²) in [6.45, 7) is 32.3. The number of anilines is 6. The molecule has 3 heteroatoms. The zero-order chi connectivity index (χ0) is 41.0. The van der Waals surface area contributed by atoms with Crippen LogP contribution in [0.2, 0.25) is 0 Å². The Kier molecular flexibility index (Phi) is 9.04. The standard InChI is InChI=1S/C54H61BN2/c1-34-15-27-46-44(29-34)55-43-26-22-40(54(12,13)14)33-47(43)57(45-28-23-39(53(9,10)11)32-42(45)36-16-18-37(19-17-36)51(3,4)5)49-31-35(2)30-48(50(49)55)56(46)41-24-20-38(21-25-41)52(6,7)8/h15-33H,1-14H3. The van der Waals surface area contributed by atoms with E-state index in [9.17, 15) is 0 Å². The van der Waals surface area contributed by atoms with Gasteiger partial charge in [-0.05, 0) is 134 Å². The number of hydrogen-bond donors (Lipinski definition) is 0. The van der Waals surface area contributed by atoms with Crippen LogP contribution in [-0.4, -0.2) is 6.71 Å². The molecule has 6 aromatic carbocycles. The van der Waals surface area contributed by atoms with Crippen molar-refractivity contribution in [2.75, 3.05) is 9.80 Å². The maximum atomic E-state index is 2.62. The molecule has 0 aromatic heterocycles. The van der Waals surface area contributed by atoms with Crippen LogP contribution in [0, 0.1) is 13.8 Å². The summed E-state index contributed by atoms with van der Waals surface area (Å²) in [7, 11) is 0. The van der Waals surface area contributed by atoms with E-state index in [0.717, 1.165) is 0 Å². The molecule has 57 heavy (non-hydrogen) atoms. The van der Waals surface area contributed by atoms with Gasteiger partial charge >= 0.3 is 0 Å². The zero-order valence-electron chi connectivity index (χ0n) is 36.9. The molecule has 8 rings (SSSR count). The molecule has 0 N–H and O–H groups in total.